The van der Waals surface area contributed by atoms with Crippen LogP contribution < -0.4 is 11.1 Å². The zero-order valence-corrected chi connectivity index (χ0v) is 13.9. The monoisotopic (exact) mass is 336 g/mol. The summed E-state index contributed by atoms with van der Waals surface area (Å²) in [5.74, 6) is -2.69. The number of carbonyl (C=O) groups excluding carboxylic acids is 2. The highest BCUT2D eigenvalue weighted by molar-refractivity contribution is 7.16. The maximum Gasteiger partial charge on any atom is 0.307 e. The van der Waals surface area contributed by atoms with Crippen LogP contribution in [0.25, 0.3) is 0 Å². The number of carboxylic acids is 1. The second kappa shape index (κ2) is 5.63. The van der Waals surface area contributed by atoms with Crippen LogP contribution >= 0.6 is 11.3 Å². The van der Waals surface area contributed by atoms with E-state index in [2.05, 4.69) is 5.32 Å². The number of hydrogen-bond donors (Lipinski definition) is 3. The largest absolute Gasteiger partial charge is 0.481 e. The molecule has 0 spiro atoms. The third kappa shape index (κ3) is 2.52. The lowest BCUT2D eigenvalue weighted by atomic mass is 9.79. The first kappa shape index (κ1) is 16.0. The van der Waals surface area contributed by atoms with E-state index in [9.17, 15) is 19.5 Å². The van der Waals surface area contributed by atoms with Crippen molar-refractivity contribution in [3.8, 4) is 0 Å². The van der Waals surface area contributed by atoms with Crippen molar-refractivity contribution in [1.82, 2.24) is 0 Å². The average Bonchev–Trinajstić information content (AvgIpc) is 3.12. The fraction of sp³-hybridized carbons (Fsp3) is 0.562. The number of anilines is 1. The lowest BCUT2D eigenvalue weighted by Gasteiger charge is -2.26. The van der Waals surface area contributed by atoms with Crippen LogP contribution in [0.2, 0.25) is 0 Å². The molecule has 1 heterocycles. The van der Waals surface area contributed by atoms with Gasteiger partial charge in [-0.25, -0.2) is 0 Å². The molecule has 2 saturated carbocycles. The van der Waals surface area contributed by atoms with Gasteiger partial charge in [0.15, 0.2) is 0 Å². The molecule has 124 valence electrons. The minimum atomic E-state index is -0.897. The first-order valence-corrected chi connectivity index (χ1v) is 8.56. The Morgan fingerprint density at radius 2 is 1.78 bits per heavy atom. The van der Waals surface area contributed by atoms with E-state index in [0.717, 1.165) is 29.7 Å². The molecular weight excluding hydrogens is 316 g/mol. The van der Waals surface area contributed by atoms with Gasteiger partial charge < -0.3 is 16.2 Å². The van der Waals surface area contributed by atoms with E-state index >= 15 is 0 Å². The van der Waals surface area contributed by atoms with Crippen LogP contribution in [0.5, 0.6) is 0 Å². The molecule has 2 amide bonds. The van der Waals surface area contributed by atoms with Gasteiger partial charge in [0.1, 0.15) is 5.00 Å². The topological polar surface area (TPSA) is 109 Å². The zero-order chi connectivity index (χ0) is 16.9. The van der Waals surface area contributed by atoms with Crippen LogP contribution in [0, 0.1) is 37.5 Å². The van der Waals surface area contributed by atoms with Crippen LogP contribution in [-0.2, 0) is 9.59 Å². The quantitative estimate of drug-likeness (QED) is 0.782. The SMILES string of the molecule is Cc1sc(NC(=O)[C@H]2[C@H]3CC[C@@H](C3)[C@@H]2C(=O)O)c(C(N)=O)c1C. The van der Waals surface area contributed by atoms with E-state index in [-0.39, 0.29) is 17.7 Å². The Balaban J connectivity index is 1.86. The Morgan fingerprint density at radius 1 is 1.17 bits per heavy atom. The number of primary amides is 1. The molecule has 0 aromatic carbocycles. The van der Waals surface area contributed by atoms with Crippen molar-refractivity contribution >= 4 is 34.1 Å². The number of fused-ring (bicyclic) bond motifs is 2. The number of carbonyl (C=O) groups is 3. The molecule has 6 nitrogen and oxygen atoms in total. The zero-order valence-electron chi connectivity index (χ0n) is 13.1. The normalized spacial score (nSPS) is 28.8. The van der Waals surface area contributed by atoms with Gasteiger partial charge in [-0.2, -0.15) is 0 Å². The minimum Gasteiger partial charge on any atom is -0.481 e. The molecule has 2 bridgehead atoms. The maximum absolute atomic E-state index is 12.7. The molecule has 7 heteroatoms. The van der Waals surface area contributed by atoms with Crippen molar-refractivity contribution in [2.75, 3.05) is 5.32 Å². The van der Waals surface area contributed by atoms with Crippen molar-refractivity contribution in [2.24, 2.45) is 29.4 Å². The fourth-order valence-electron chi connectivity index (χ4n) is 4.23. The molecule has 1 aromatic heterocycles. The summed E-state index contributed by atoms with van der Waals surface area (Å²) in [6.07, 6.45) is 2.59. The Bertz CT molecular complexity index is 696. The van der Waals surface area contributed by atoms with Crippen molar-refractivity contribution < 1.29 is 19.5 Å². The molecule has 0 radical (unpaired) electrons. The van der Waals surface area contributed by atoms with E-state index in [1.54, 1.807) is 6.92 Å². The van der Waals surface area contributed by atoms with E-state index in [0.29, 0.717) is 10.6 Å². The molecular formula is C16H20N2O4S. The molecule has 0 saturated heterocycles. The molecule has 1 aromatic rings. The Labute approximate surface area is 138 Å². The van der Waals surface area contributed by atoms with Crippen LogP contribution in [-0.4, -0.2) is 22.9 Å². The van der Waals surface area contributed by atoms with Crippen molar-refractivity contribution in [1.29, 1.82) is 0 Å². The summed E-state index contributed by atoms with van der Waals surface area (Å²) in [7, 11) is 0. The van der Waals surface area contributed by atoms with Gasteiger partial charge >= 0.3 is 5.97 Å². The molecule has 3 rings (SSSR count). The van der Waals surface area contributed by atoms with E-state index in [1.807, 2.05) is 6.92 Å². The second-order valence-electron chi connectivity index (χ2n) is 6.56. The smallest absolute Gasteiger partial charge is 0.307 e. The molecule has 2 aliphatic rings. The van der Waals surface area contributed by atoms with Gasteiger partial charge in [-0.15, -0.1) is 11.3 Å². The van der Waals surface area contributed by atoms with Gasteiger partial charge in [-0.05, 0) is 50.5 Å². The number of rotatable bonds is 4. The molecule has 23 heavy (non-hydrogen) atoms. The summed E-state index contributed by atoms with van der Waals surface area (Å²) in [4.78, 5) is 36.8. The lowest BCUT2D eigenvalue weighted by molar-refractivity contribution is -0.148. The summed E-state index contributed by atoms with van der Waals surface area (Å²) in [5, 5.41) is 12.7. The van der Waals surface area contributed by atoms with Gasteiger partial charge in [0.2, 0.25) is 5.91 Å². The summed E-state index contributed by atoms with van der Waals surface area (Å²) in [6.45, 7) is 3.65. The summed E-state index contributed by atoms with van der Waals surface area (Å²) < 4.78 is 0. The Hall–Kier alpha value is -1.89. The third-order valence-corrected chi connectivity index (χ3v) is 6.50. The number of nitrogens with two attached hydrogens (primary N) is 1. The lowest BCUT2D eigenvalue weighted by Crippen LogP contribution is -2.38. The van der Waals surface area contributed by atoms with E-state index in [1.165, 1.54) is 11.3 Å². The molecule has 0 aliphatic heterocycles. The first-order chi connectivity index (χ1) is 10.8. The number of thiophene rings is 1. The predicted molar refractivity (Wildman–Crippen MR) is 86.4 cm³/mol. The number of nitrogens with one attached hydrogen (secondary N) is 1. The highest BCUT2D eigenvalue weighted by atomic mass is 32.1. The number of carboxylic acid groups (broad SMARTS) is 1. The molecule has 4 atom stereocenters. The predicted octanol–water partition coefficient (Wildman–Crippen LogP) is 2.15. The van der Waals surface area contributed by atoms with E-state index < -0.39 is 23.7 Å². The number of aliphatic carboxylic acids is 1. The van der Waals surface area contributed by atoms with Gasteiger partial charge in [0, 0.05) is 4.88 Å². The van der Waals surface area contributed by atoms with Crippen LogP contribution in [0.15, 0.2) is 0 Å². The Kier molecular flexibility index (Phi) is 3.91. The molecule has 2 aliphatic carbocycles. The maximum atomic E-state index is 12.7. The van der Waals surface area contributed by atoms with Crippen molar-refractivity contribution in [2.45, 2.75) is 33.1 Å². The second-order valence-corrected chi connectivity index (χ2v) is 7.79. The molecule has 0 unspecified atom stereocenters. The molecule has 4 N–H and O–H groups in total. The average molecular weight is 336 g/mol. The van der Waals surface area contributed by atoms with Crippen LogP contribution in [0.1, 0.15) is 40.1 Å². The van der Waals surface area contributed by atoms with Crippen molar-refractivity contribution in [3.63, 3.8) is 0 Å². The minimum absolute atomic E-state index is 0.0932. The summed E-state index contributed by atoms with van der Waals surface area (Å²) in [5.41, 5.74) is 6.51. The third-order valence-electron chi connectivity index (χ3n) is 5.37. The number of amides is 2. The highest BCUT2D eigenvalue weighted by Gasteiger charge is 2.54. The summed E-state index contributed by atoms with van der Waals surface area (Å²) in [6, 6.07) is 0. The standard InChI is InChI=1S/C16H20N2O4S/c1-6-7(2)23-15(10(6)13(17)19)18-14(20)11-8-3-4-9(5-8)12(11)16(21)22/h8-9,11-12H,3-5H2,1-2H3,(H2,17,19)(H,18,20)(H,21,22)/t8-,9-,11-,12-/m0/s1. The van der Waals surface area contributed by atoms with Gasteiger partial charge in [-0.1, -0.05) is 0 Å². The van der Waals surface area contributed by atoms with E-state index in [4.69, 9.17) is 5.73 Å². The number of hydrogen-bond acceptors (Lipinski definition) is 4. The first-order valence-electron chi connectivity index (χ1n) is 7.74. The highest BCUT2D eigenvalue weighted by Crippen LogP contribution is 2.52. The van der Waals surface area contributed by atoms with Crippen molar-refractivity contribution in [3.05, 3.63) is 16.0 Å². The summed E-state index contributed by atoms with van der Waals surface area (Å²) >= 11 is 1.31. The number of aryl methyl sites for hydroxylation is 1. The van der Waals surface area contributed by atoms with Crippen LogP contribution in [0.4, 0.5) is 5.00 Å². The Morgan fingerprint density at radius 3 is 2.35 bits per heavy atom. The van der Waals surface area contributed by atoms with Crippen LogP contribution in [0.3, 0.4) is 0 Å². The van der Waals surface area contributed by atoms with Gasteiger partial charge in [0.25, 0.3) is 5.91 Å². The molecule has 2 fully saturated rings. The fourth-order valence-corrected chi connectivity index (χ4v) is 5.30. The van der Waals surface area contributed by atoms with Gasteiger partial charge in [0.05, 0.1) is 17.4 Å². The van der Waals surface area contributed by atoms with Gasteiger partial charge in [-0.3, -0.25) is 14.4 Å².